The van der Waals surface area contributed by atoms with E-state index in [1.807, 2.05) is 18.2 Å². The van der Waals surface area contributed by atoms with Gasteiger partial charge < -0.3 is 9.80 Å². The first kappa shape index (κ1) is 15.1. The van der Waals surface area contributed by atoms with E-state index in [0.29, 0.717) is 31.5 Å². The fraction of sp³-hybridized carbons (Fsp3) is 0.389. The Morgan fingerprint density at radius 3 is 2.75 bits per heavy atom. The van der Waals surface area contributed by atoms with E-state index >= 15 is 0 Å². The normalized spacial score (nSPS) is 17.9. The number of anilines is 2. The van der Waals surface area contributed by atoms with Crippen LogP contribution < -0.4 is 4.90 Å². The van der Waals surface area contributed by atoms with Crippen LogP contribution in [0.15, 0.2) is 36.8 Å². The average molecular weight is 326 g/mol. The minimum absolute atomic E-state index is 0.00246. The number of halogens is 1. The monoisotopic (exact) mass is 326 g/mol. The molecule has 1 amide bonds. The summed E-state index contributed by atoms with van der Waals surface area (Å²) in [5.74, 6) is 0.822. The van der Waals surface area contributed by atoms with E-state index in [1.165, 1.54) is 0 Å². The maximum atomic E-state index is 13.3. The molecule has 0 spiro atoms. The largest absolute Gasteiger partial charge is 0.338 e. The van der Waals surface area contributed by atoms with Crippen molar-refractivity contribution in [2.24, 2.45) is 0 Å². The van der Waals surface area contributed by atoms with Gasteiger partial charge in [0.05, 0.1) is 6.20 Å². The molecule has 0 radical (unpaired) electrons. The van der Waals surface area contributed by atoms with Crippen LogP contribution in [-0.4, -0.2) is 46.6 Å². The van der Waals surface area contributed by atoms with Crippen molar-refractivity contribution in [3.8, 4) is 0 Å². The molecule has 0 atom stereocenters. The smallest absolute Gasteiger partial charge is 0.253 e. The highest BCUT2D eigenvalue weighted by molar-refractivity contribution is 5.95. The summed E-state index contributed by atoms with van der Waals surface area (Å²) in [4.78, 5) is 25.0. The molecule has 0 unspecified atom stereocenters. The molecular formula is C18H19FN4O. The molecule has 0 aliphatic carbocycles. The van der Waals surface area contributed by atoms with Gasteiger partial charge in [-0.05, 0) is 43.0 Å². The molecule has 1 aromatic heterocycles. The van der Waals surface area contributed by atoms with Crippen LogP contribution in [0, 0.1) is 0 Å². The van der Waals surface area contributed by atoms with E-state index in [2.05, 4.69) is 14.9 Å². The Morgan fingerprint density at radius 2 is 2.00 bits per heavy atom. The number of amides is 1. The first-order chi connectivity index (χ1) is 11.7. The van der Waals surface area contributed by atoms with Gasteiger partial charge in [0, 0.05) is 43.3 Å². The number of rotatable bonds is 2. The number of hydrogen-bond acceptors (Lipinski definition) is 4. The summed E-state index contributed by atoms with van der Waals surface area (Å²) in [6.45, 7) is 1.84. The van der Waals surface area contributed by atoms with E-state index in [1.54, 1.807) is 23.5 Å². The Labute approximate surface area is 140 Å². The van der Waals surface area contributed by atoms with E-state index in [0.717, 1.165) is 30.0 Å². The maximum absolute atomic E-state index is 13.3. The van der Waals surface area contributed by atoms with Crippen molar-refractivity contribution >= 4 is 17.4 Å². The van der Waals surface area contributed by atoms with Crippen molar-refractivity contribution in [2.45, 2.75) is 25.4 Å². The minimum Gasteiger partial charge on any atom is -0.338 e. The summed E-state index contributed by atoms with van der Waals surface area (Å²) in [6, 6.07) is 5.80. The molecule has 1 aromatic carbocycles. The Hall–Kier alpha value is -2.50. The van der Waals surface area contributed by atoms with Crippen LogP contribution in [-0.2, 0) is 6.42 Å². The van der Waals surface area contributed by atoms with Crippen molar-refractivity contribution in [3.05, 3.63) is 47.9 Å². The Morgan fingerprint density at radius 1 is 1.17 bits per heavy atom. The second-order valence-electron chi connectivity index (χ2n) is 6.28. The zero-order valence-electron chi connectivity index (χ0n) is 13.4. The summed E-state index contributed by atoms with van der Waals surface area (Å²) in [5, 5.41) is 0. The first-order valence-corrected chi connectivity index (χ1v) is 8.32. The van der Waals surface area contributed by atoms with E-state index in [-0.39, 0.29) is 5.91 Å². The average Bonchev–Trinajstić information content (AvgIpc) is 3.05. The lowest BCUT2D eigenvalue weighted by Crippen LogP contribution is -2.39. The molecular weight excluding hydrogens is 307 g/mol. The van der Waals surface area contributed by atoms with Gasteiger partial charge in [0.15, 0.2) is 5.82 Å². The molecule has 124 valence electrons. The number of hydrogen-bond donors (Lipinski definition) is 0. The molecule has 3 heterocycles. The number of benzene rings is 1. The van der Waals surface area contributed by atoms with Crippen molar-refractivity contribution in [1.29, 1.82) is 0 Å². The second-order valence-corrected chi connectivity index (χ2v) is 6.28. The molecule has 0 saturated carbocycles. The summed E-state index contributed by atoms with van der Waals surface area (Å²) < 4.78 is 13.3. The number of fused-ring (bicyclic) bond motifs is 1. The highest BCUT2D eigenvalue weighted by atomic mass is 19.1. The first-order valence-electron chi connectivity index (χ1n) is 8.32. The molecule has 24 heavy (non-hydrogen) atoms. The Kier molecular flexibility index (Phi) is 3.88. The van der Waals surface area contributed by atoms with E-state index < -0.39 is 6.17 Å². The molecule has 1 saturated heterocycles. The van der Waals surface area contributed by atoms with Gasteiger partial charge in [-0.1, -0.05) is 0 Å². The highest BCUT2D eigenvalue weighted by Gasteiger charge is 2.26. The van der Waals surface area contributed by atoms with Crippen LogP contribution in [0.1, 0.15) is 28.8 Å². The summed E-state index contributed by atoms with van der Waals surface area (Å²) in [5.41, 5.74) is 2.91. The minimum atomic E-state index is -0.769. The molecule has 1 fully saturated rings. The van der Waals surface area contributed by atoms with Crippen LogP contribution in [0.4, 0.5) is 15.9 Å². The topological polar surface area (TPSA) is 49.3 Å². The molecule has 0 N–H and O–H groups in total. The number of piperidine rings is 1. The highest BCUT2D eigenvalue weighted by Crippen LogP contribution is 2.34. The molecule has 5 nitrogen and oxygen atoms in total. The maximum Gasteiger partial charge on any atom is 0.253 e. The number of alkyl halides is 1. The Balaban J connectivity index is 1.55. The second kappa shape index (κ2) is 6.19. The van der Waals surface area contributed by atoms with Gasteiger partial charge in [0.2, 0.25) is 0 Å². The van der Waals surface area contributed by atoms with Gasteiger partial charge in [-0.3, -0.25) is 9.78 Å². The molecule has 4 rings (SSSR count). The number of carbonyl (C=O) groups is 1. The Bertz CT molecular complexity index is 744. The third kappa shape index (κ3) is 2.72. The van der Waals surface area contributed by atoms with E-state index in [4.69, 9.17) is 0 Å². The summed E-state index contributed by atoms with van der Waals surface area (Å²) in [6.07, 6.45) is 6.07. The molecule has 6 heteroatoms. The quantitative estimate of drug-likeness (QED) is 0.851. The fourth-order valence-corrected chi connectivity index (χ4v) is 3.44. The van der Waals surface area contributed by atoms with Gasteiger partial charge in [0.25, 0.3) is 5.91 Å². The predicted molar refractivity (Wildman–Crippen MR) is 89.2 cm³/mol. The number of aromatic nitrogens is 2. The lowest BCUT2D eigenvalue weighted by Gasteiger charge is -2.29. The van der Waals surface area contributed by atoms with E-state index in [9.17, 15) is 9.18 Å². The number of nitrogens with zero attached hydrogens (tertiary/aromatic N) is 4. The standard InChI is InChI=1S/C18H19FN4O/c19-15-4-8-22(9-5-15)18(24)14-1-2-16-13(11-14)3-10-23(16)17-12-20-6-7-21-17/h1-2,6-7,11-12,15H,3-5,8-10H2. The van der Waals surface area contributed by atoms with Crippen LogP contribution in [0.5, 0.6) is 0 Å². The lowest BCUT2D eigenvalue weighted by atomic mass is 10.0. The zero-order chi connectivity index (χ0) is 16.5. The third-order valence-electron chi connectivity index (χ3n) is 4.76. The van der Waals surface area contributed by atoms with Gasteiger partial charge in [-0.2, -0.15) is 0 Å². The summed E-state index contributed by atoms with van der Waals surface area (Å²) in [7, 11) is 0. The zero-order valence-corrected chi connectivity index (χ0v) is 13.4. The van der Waals surface area contributed by atoms with Crippen molar-refractivity contribution in [2.75, 3.05) is 24.5 Å². The van der Waals surface area contributed by atoms with Gasteiger partial charge >= 0.3 is 0 Å². The third-order valence-corrected chi connectivity index (χ3v) is 4.76. The number of likely N-dealkylation sites (tertiary alicyclic amines) is 1. The van der Waals surface area contributed by atoms with Crippen LogP contribution in [0.25, 0.3) is 0 Å². The molecule has 2 aliphatic rings. The summed E-state index contributed by atoms with van der Waals surface area (Å²) >= 11 is 0. The predicted octanol–water partition coefficient (Wildman–Crippen LogP) is 2.74. The van der Waals surface area contributed by atoms with Gasteiger partial charge in [0.1, 0.15) is 6.17 Å². The molecule has 0 bridgehead atoms. The number of carbonyl (C=O) groups excluding carboxylic acids is 1. The fourth-order valence-electron chi connectivity index (χ4n) is 3.44. The van der Waals surface area contributed by atoms with Crippen molar-refractivity contribution in [3.63, 3.8) is 0 Å². The lowest BCUT2D eigenvalue weighted by molar-refractivity contribution is 0.0667. The van der Waals surface area contributed by atoms with Crippen molar-refractivity contribution in [1.82, 2.24) is 14.9 Å². The van der Waals surface area contributed by atoms with Gasteiger partial charge in [-0.15, -0.1) is 0 Å². The van der Waals surface area contributed by atoms with Gasteiger partial charge in [-0.25, -0.2) is 9.37 Å². The SMILES string of the molecule is O=C(c1ccc2c(c1)CCN2c1cnccn1)N1CCC(F)CC1. The van der Waals surface area contributed by atoms with Crippen LogP contribution in [0.3, 0.4) is 0 Å². The molecule has 2 aliphatic heterocycles. The van der Waals surface area contributed by atoms with Crippen molar-refractivity contribution < 1.29 is 9.18 Å². The molecule has 2 aromatic rings. The van der Waals surface area contributed by atoms with Crippen LogP contribution >= 0.6 is 0 Å². The van der Waals surface area contributed by atoms with Crippen LogP contribution in [0.2, 0.25) is 0 Å².